The van der Waals surface area contributed by atoms with Gasteiger partial charge in [0.1, 0.15) is 14.8 Å². The molecule has 0 radical (unpaired) electrons. The van der Waals surface area contributed by atoms with E-state index in [1.165, 1.54) is 36.6 Å². The summed E-state index contributed by atoms with van der Waals surface area (Å²) in [6.07, 6.45) is 0.713. The summed E-state index contributed by atoms with van der Waals surface area (Å²) in [4.78, 5) is 25.8. The normalized spacial score (nSPS) is 27.1. The Labute approximate surface area is 244 Å². The van der Waals surface area contributed by atoms with Gasteiger partial charge in [0.15, 0.2) is 5.82 Å². The van der Waals surface area contributed by atoms with Gasteiger partial charge in [0.05, 0.1) is 32.6 Å². The minimum absolute atomic E-state index is 0.0270. The van der Waals surface area contributed by atoms with Crippen LogP contribution in [0.2, 0.25) is 0 Å². The van der Waals surface area contributed by atoms with Crippen LogP contribution in [-0.2, 0) is 20.0 Å². The number of carbonyl (C=O) groups excluding carboxylic acids is 1. The molecule has 0 spiro atoms. The van der Waals surface area contributed by atoms with E-state index in [0.29, 0.717) is 47.2 Å². The monoisotopic (exact) mass is 623 g/mol. The van der Waals surface area contributed by atoms with Crippen molar-refractivity contribution in [3.8, 4) is 21.8 Å². The van der Waals surface area contributed by atoms with Crippen molar-refractivity contribution in [2.45, 2.75) is 74.8 Å². The molecule has 4 aliphatic rings. The molecule has 4 aliphatic carbocycles. The lowest BCUT2D eigenvalue weighted by Crippen LogP contribution is -2.70. The maximum atomic E-state index is 15.7. The summed E-state index contributed by atoms with van der Waals surface area (Å²) in [7, 11) is -3.11. The molecule has 14 heteroatoms. The predicted octanol–water partition coefficient (Wildman–Crippen LogP) is 6.12. The molecule has 1 aromatic carbocycles. The standard InChI is InChI=1S/C28H29F4N5O3S2/c1-15(38)34-19-5-3-4-18(21(19)29)22-23(41-24(37-22)26-12-27(13-26,14-26)28(30,31)32)20-10-11-33-25(36-20)35-16-6-8-17(9-7-16)42(2,39)40/h3-5,10-11,16-17H,6-9,12-14H2,1-2H3,(H,34,38)(H,33,35,36). The molecule has 224 valence electrons. The first-order valence-electron chi connectivity index (χ1n) is 13.6. The van der Waals surface area contributed by atoms with E-state index >= 15 is 4.39 Å². The van der Waals surface area contributed by atoms with E-state index in [2.05, 4.69) is 20.6 Å². The maximum Gasteiger partial charge on any atom is 0.394 e. The molecular formula is C28H29F4N5O3S2. The third-order valence-electron chi connectivity index (χ3n) is 8.78. The van der Waals surface area contributed by atoms with Crippen molar-refractivity contribution in [2.75, 3.05) is 16.9 Å². The van der Waals surface area contributed by atoms with E-state index in [1.54, 1.807) is 18.3 Å². The van der Waals surface area contributed by atoms with Crippen LogP contribution in [0, 0.1) is 11.2 Å². The van der Waals surface area contributed by atoms with E-state index in [9.17, 15) is 26.4 Å². The van der Waals surface area contributed by atoms with Crippen molar-refractivity contribution in [1.82, 2.24) is 15.0 Å². The van der Waals surface area contributed by atoms with Gasteiger partial charge in [-0.3, -0.25) is 4.79 Å². The number of anilines is 2. The maximum absolute atomic E-state index is 15.7. The van der Waals surface area contributed by atoms with E-state index in [0.717, 1.165) is 0 Å². The Hall–Kier alpha value is -3.13. The van der Waals surface area contributed by atoms with Gasteiger partial charge >= 0.3 is 6.18 Å². The number of aromatic nitrogens is 3. The van der Waals surface area contributed by atoms with Crippen LogP contribution in [0.4, 0.5) is 29.2 Å². The van der Waals surface area contributed by atoms with Gasteiger partial charge in [0, 0.05) is 36.4 Å². The second-order valence-corrected chi connectivity index (χ2v) is 15.2. The largest absolute Gasteiger partial charge is 0.394 e. The molecule has 2 bridgehead atoms. The van der Waals surface area contributed by atoms with Crippen LogP contribution in [0.3, 0.4) is 0 Å². The zero-order valence-corrected chi connectivity index (χ0v) is 24.5. The van der Waals surface area contributed by atoms with Gasteiger partial charge < -0.3 is 10.6 Å². The third-order valence-corrected chi connectivity index (χ3v) is 11.8. The van der Waals surface area contributed by atoms with Crippen molar-refractivity contribution >= 4 is 38.7 Å². The number of rotatable bonds is 7. The number of nitrogens with zero attached hydrogens (tertiary/aromatic N) is 3. The summed E-state index contributed by atoms with van der Waals surface area (Å²) in [6.45, 7) is 1.26. The van der Waals surface area contributed by atoms with Crippen molar-refractivity contribution in [2.24, 2.45) is 5.41 Å². The number of sulfone groups is 1. The lowest BCUT2D eigenvalue weighted by Gasteiger charge is -2.69. The predicted molar refractivity (Wildman–Crippen MR) is 151 cm³/mol. The summed E-state index contributed by atoms with van der Waals surface area (Å²) >= 11 is 1.21. The molecule has 0 saturated heterocycles. The summed E-state index contributed by atoms with van der Waals surface area (Å²) in [5.41, 5.74) is -1.63. The number of amides is 1. The quantitative estimate of drug-likeness (QED) is 0.305. The molecule has 42 heavy (non-hydrogen) atoms. The fourth-order valence-electron chi connectivity index (χ4n) is 6.59. The molecule has 2 aromatic heterocycles. The number of benzene rings is 1. The van der Waals surface area contributed by atoms with E-state index in [1.807, 2.05) is 0 Å². The van der Waals surface area contributed by atoms with Gasteiger partial charge in [0.25, 0.3) is 0 Å². The molecule has 2 heterocycles. The lowest BCUT2D eigenvalue weighted by atomic mass is 9.35. The first-order valence-corrected chi connectivity index (χ1v) is 16.4. The molecular weight excluding hydrogens is 594 g/mol. The number of nitrogens with one attached hydrogen (secondary N) is 2. The smallest absolute Gasteiger partial charge is 0.351 e. The highest BCUT2D eigenvalue weighted by Gasteiger charge is 2.79. The molecule has 1 amide bonds. The van der Waals surface area contributed by atoms with Crippen molar-refractivity contribution < 1.29 is 30.8 Å². The van der Waals surface area contributed by atoms with E-state index in [-0.39, 0.29) is 47.5 Å². The number of hydrogen-bond acceptors (Lipinski definition) is 8. The molecule has 0 unspecified atom stereocenters. The van der Waals surface area contributed by atoms with Crippen molar-refractivity contribution in [1.29, 1.82) is 0 Å². The highest BCUT2D eigenvalue weighted by molar-refractivity contribution is 7.91. The Morgan fingerprint density at radius 2 is 1.76 bits per heavy atom. The summed E-state index contributed by atoms with van der Waals surface area (Å²) in [5, 5.41) is 5.88. The molecule has 7 rings (SSSR count). The highest BCUT2D eigenvalue weighted by Crippen LogP contribution is 2.79. The Kier molecular flexibility index (Phi) is 6.87. The van der Waals surface area contributed by atoms with Crippen LogP contribution < -0.4 is 10.6 Å². The summed E-state index contributed by atoms with van der Waals surface area (Å²) < 4.78 is 80.2. The van der Waals surface area contributed by atoms with Crippen LogP contribution >= 0.6 is 11.3 Å². The second-order valence-electron chi connectivity index (χ2n) is 11.8. The first-order chi connectivity index (χ1) is 19.7. The molecule has 0 aliphatic heterocycles. The van der Waals surface area contributed by atoms with Crippen molar-refractivity contribution in [3.05, 3.63) is 41.3 Å². The SMILES string of the molecule is CC(=O)Nc1cccc(-c2nc(C34CC(C(F)(F)F)(C3)C4)sc2-c2ccnc(NC3CCC(S(C)(=O)=O)CC3)n2)c1F. The van der Waals surface area contributed by atoms with Gasteiger partial charge in [-0.15, -0.1) is 11.3 Å². The Morgan fingerprint density at radius 1 is 1.07 bits per heavy atom. The van der Waals surface area contributed by atoms with Crippen LogP contribution in [-0.4, -0.2) is 53.0 Å². The minimum Gasteiger partial charge on any atom is -0.351 e. The number of hydrogen-bond donors (Lipinski definition) is 2. The molecule has 2 N–H and O–H groups in total. The third kappa shape index (κ3) is 4.95. The fourth-order valence-corrected chi connectivity index (χ4v) is 8.95. The van der Waals surface area contributed by atoms with Crippen LogP contribution in [0.5, 0.6) is 0 Å². The number of carbonyl (C=O) groups is 1. The van der Waals surface area contributed by atoms with Crippen LogP contribution in [0.15, 0.2) is 30.5 Å². The van der Waals surface area contributed by atoms with Crippen LogP contribution in [0.25, 0.3) is 21.8 Å². The zero-order chi connectivity index (χ0) is 30.1. The molecule has 0 atom stereocenters. The minimum atomic E-state index is -4.27. The fraction of sp³-hybridized carbons (Fsp3) is 0.500. The summed E-state index contributed by atoms with van der Waals surface area (Å²) in [6, 6.07) is 6.13. The van der Waals surface area contributed by atoms with Crippen molar-refractivity contribution in [3.63, 3.8) is 0 Å². The zero-order valence-electron chi connectivity index (χ0n) is 22.9. The number of halogens is 4. The Morgan fingerprint density at radius 3 is 2.38 bits per heavy atom. The van der Waals surface area contributed by atoms with Gasteiger partial charge in [-0.25, -0.2) is 27.8 Å². The average molecular weight is 624 g/mol. The molecule has 8 nitrogen and oxygen atoms in total. The van der Waals surface area contributed by atoms with Gasteiger partial charge in [-0.05, 0) is 63.1 Å². The number of alkyl halides is 3. The average Bonchev–Trinajstić information content (AvgIpc) is 3.27. The van der Waals surface area contributed by atoms with Gasteiger partial charge in [0.2, 0.25) is 11.9 Å². The molecule has 3 aromatic rings. The number of thiazole rings is 1. The molecule has 4 fully saturated rings. The Balaban J connectivity index is 1.33. The highest BCUT2D eigenvalue weighted by atomic mass is 32.2. The van der Waals surface area contributed by atoms with Crippen LogP contribution in [0.1, 0.15) is 56.9 Å². The first kappa shape index (κ1) is 29.0. The van der Waals surface area contributed by atoms with Gasteiger partial charge in [-0.1, -0.05) is 6.07 Å². The van der Waals surface area contributed by atoms with E-state index < -0.39 is 38.6 Å². The lowest BCUT2D eigenvalue weighted by molar-refractivity contribution is -0.337. The second kappa shape index (κ2) is 9.97. The van der Waals surface area contributed by atoms with E-state index in [4.69, 9.17) is 4.98 Å². The topological polar surface area (TPSA) is 114 Å². The summed E-state index contributed by atoms with van der Waals surface area (Å²) in [5.74, 6) is -0.843. The van der Waals surface area contributed by atoms with Gasteiger partial charge in [-0.2, -0.15) is 13.2 Å². The Bertz CT molecular complexity index is 1650. The molecule has 4 saturated carbocycles.